The van der Waals surface area contributed by atoms with Gasteiger partial charge in [0, 0.05) is 17.9 Å². The zero-order chi connectivity index (χ0) is 9.97. The molecule has 0 atom stereocenters. The quantitative estimate of drug-likeness (QED) is 0.546. The third-order valence-corrected chi connectivity index (χ3v) is 1.98. The lowest BCUT2D eigenvalue weighted by Gasteiger charge is -2.07. The average molecular weight is 198 g/mol. The van der Waals surface area contributed by atoms with Crippen LogP contribution in [0.1, 0.15) is 0 Å². The number of hydrogen-bond acceptors (Lipinski definition) is 5. The number of hydrogen-bond donors (Lipinski definition) is 2. The van der Waals surface area contributed by atoms with Crippen molar-refractivity contribution in [2.75, 3.05) is 13.2 Å². The van der Waals surface area contributed by atoms with E-state index in [-0.39, 0.29) is 6.29 Å². The van der Waals surface area contributed by atoms with Gasteiger partial charge >= 0.3 is 7.12 Å². The van der Waals surface area contributed by atoms with Crippen molar-refractivity contribution in [3.63, 3.8) is 0 Å². The number of nitrogens with zero attached hydrogens (tertiary/aromatic N) is 2. The Bertz CT molecular complexity index is 298. The molecule has 14 heavy (non-hydrogen) atoms. The van der Waals surface area contributed by atoms with Crippen LogP contribution in [-0.2, 0) is 16.0 Å². The molecule has 2 N–H and O–H groups in total. The van der Waals surface area contributed by atoms with Crippen molar-refractivity contribution < 1.29 is 19.5 Å². The van der Waals surface area contributed by atoms with Crippen LogP contribution in [-0.4, -0.2) is 46.5 Å². The fraction of sp³-hybridized carbons (Fsp3) is 0.571. The Balaban J connectivity index is 1.95. The monoisotopic (exact) mass is 198 g/mol. The molecule has 0 radical (unpaired) electrons. The molecule has 76 valence electrons. The van der Waals surface area contributed by atoms with Gasteiger partial charge in [-0.3, -0.25) is 4.68 Å². The van der Waals surface area contributed by atoms with Crippen LogP contribution < -0.4 is 5.46 Å². The first-order chi connectivity index (χ1) is 6.75. The van der Waals surface area contributed by atoms with E-state index in [1.54, 1.807) is 10.9 Å². The van der Waals surface area contributed by atoms with Gasteiger partial charge in [0.1, 0.15) is 0 Å². The minimum absolute atomic E-state index is 0.279. The molecule has 0 unspecified atom stereocenters. The molecule has 1 fully saturated rings. The fourth-order valence-electron chi connectivity index (χ4n) is 1.28. The summed E-state index contributed by atoms with van der Waals surface area (Å²) >= 11 is 0. The summed E-state index contributed by atoms with van der Waals surface area (Å²) in [4.78, 5) is 0. The van der Waals surface area contributed by atoms with Crippen LogP contribution in [0.2, 0.25) is 0 Å². The number of aromatic nitrogens is 2. The smallest absolute Gasteiger partial charge is 0.423 e. The van der Waals surface area contributed by atoms with E-state index in [0.717, 1.165) is 0 Å². The molecule has 1 saturated heterocycles. The molecule has 1 aliphatic heterocycles. The van der Waals surface area contributed by atoms with Crippen molar-refractivity contribution in [1.29, 1.82) is 0 Å². The van der Waals surface area contributed by atoms with Gasteiger partial charge < -0.3 is 19.5 Å². The highest BCUT2D eigenvalue weighted by Crippen LogP contribution is 2.05. The first-order valence-corrected chi connectivity index (χ1v) is 4.37. The SMILES string of the molecule is OB(O)c1cnn(CC2OCCO2)c1. The summed E-state index contributed by atoms with van der Waals surface area (Å²) in [5, 5.41) is 21.6. The summed E-state index contributed by atoms with van der Waals surface area (Å²) in [5.41, 5.74) is 0.364. The Hall–Kier alpha value is -0.885. The Labute approximate surface area is 81.2 Å². The van der Waals surface area contributed by atoms with Gasteiger partial charge in [-0.05, 0) is 0 Å². The molecular formula is C7H11BN2O4. The molecule has 1 aromatic heterocycles. The summed E-state index contributed by atoms with van der Waals surface area (Å²) < 4.78 is 12.0. The summed E-state index contributed by atoms with van der Waals surface area (Å²) in [7, 11) is -1.48. The summed E-state index contributed by atoms with van der Waals surface area (Å²) in [6.45, 7) is 1.66. The highest BCUT2D eigenvalue weighted by molar-refractivity contribution is 6.58. The number of rotatable bonds is 3. The second-order valence-corrected chi connectivity index (χ2v) is 3.04. The maximum absolute atomic E-state index is 8.84. The molecule has 0 aliphatic carbocycles. The van der Waals surface area contributed by atoms with Crippen LogP contribution in [0.3, 0.4) is 0 Å². The van der Waals surface area contributed by atoms with Crippen LogP contribution >= 0.6 is 0 Å². The van der Waals surface area contributed by atoms with Crippen molar-refractivity contribution in [3.05, 3.63) is 12.4 Å². The lowest BCUT2D eigenvalue weighted by molar-refractivity contribution is -0.0545. The van der Waals surface area contributed by atoms with Crippen LogP contribution in [0, 0.1) is 0 Å². The van der Waals surface area contributed by atoms with Crippen LogP contribution in [0.4, 0.5) is 0 Å². The van der Waals surface area contributed by atoms with Gasteiger partial charge in [-0.25, -0.2) is 0 Å². The van der Waals surface area contributed by atoms with Crippen LogP contribution in [0.5, 0.6) is 0 Å². The van der Waals surface area contributed by atoms with Crippen molar-refractivity contribution in [2.45, 2.75) is 12.8 Å². The van der Waals surface area contributed by atoms with E-state index < -0.39 is 7.12 Å². The highest BCUT2D eigenvalue weighted by atomic mass is 16.7. The Morgan fingerprint density at radius 3 is 2.79 bits per heavy atom. The molecular weight excluding hydrogens is 187 g/mol. The first-order valence-electron chi connectivity index (χ1n) is 4.37. The second kappa shape index (κ2) is 4.10. The Kier molecular flexibility index (Phi) is 2.83. The standard InChI is InChI=1S/C7H11BN2O4/c11-8(12)6-3-9-10(4-6)5-7-13-1-2-14-7/h3-4,7,11-12H,1-2,5H2. The summed E-state index contributed by atoms with van der Waals surface area (Å²) in [5.74, 6) is 0. The third kappa shape index (κ3) is 2.13. The molecule has 0 amide bonds. The second-order valence-electron chi connectivity index (χ2n) is 3.04. The Morgan fingerprint density at radius 2 is 2.21 bits per heavy atom. The molecule has 7 heteroatoms. The molecule has 6 nitrogen and oxygen atoms in total. The van der Waals surface area contributed by atoms with Gasteiger partial charge in [-0.15, -0.1) is 0 Å². The van der Waals surface area contributed by atoms with Gasteiger partial charge in [0.25, 0.3) is 0 Å². The molecule has 0 spiro atoms. The van der Waals surface area contributed by atoms with E-state index in [4.69, 9.17) is 19.5 Å². The zero-order valence-corrected chi connectivity index (χ0v) is 7.54. The van der Waals surface area contributed by atoms with Crippen molar-refractivity contribution in [3.8, 4) is 0 Å². The van der Waals surface area contributed by atoms with E-state index in [2.05, 4.69) is 5.10 Å². The van der Waals surface area contributed by atoms with Gasteiger partial charge in [0.15, 0.2) is 6.29 Å². The van der Waals surface area contributed by atoms with E-state index in [9.17, 15) is 0 Å². The summed E-state index contributed by atoms with van der Waals surface area (Å²) in [6.07, 6.45) is 2.67. The maximum Gasteiger partial charge on any atom is 0.491 e. The first kappa shape index (κ1) is 9.66. The van der Waals surface area contributed by atoms with Crippen LogP contribution in [0.25, 0.3) is 0 Å². The zero-order valence-electron chi connectivity index (χ0n) is 7.54. The molecule has 2 heterocycles. The van der Waals surface area contributed by atoms with Crippen LogP contribution in [0.15, 0.2) is 12.4 Å². The lowest BCUT2D eigenvalue weighted by Crippen LogP contribution is -2.28. The average Bonchev–Trinajstić information content (AvgIpc) is 2.75. The van der Waals surface area contributed by atoms with Gasteiger partial charge in [-0.2, -0.15) is 5.10 Å². The molecule has 0 aromatic carbocycles. The molecule has 0 bridgehead atoms. The predicted molar refractivity (Wildman–Crippen MR) is 47.7 cm³/mol. The van der Waals surface area contributed by atoms with E-state index in [0.29, 0.717) is 25.2 Å². The molecule has 1 aliphatic rings. The minimum Gasteiger partial charge on any atom is -0.423 e. The van der Waals surface area contributed by atoms with Gasteiger partial charge in [0.05, 0.1) is 19.8 Å². The molecule has 1 aromatic rings. The van der Waals surface area contributed by atoms with Crippen molar-refractivity contribution in [2.24, 2.45) is 0 Å². The van der Waals surface area contributed by atoms with Crippen molar-refractivity contribution in [1.82, 2.24) is 9.78 Å². The van der Waals surface area contributed by atoms with Gasteiger partial charge in [0.2, 0.25) is 0 Å². The Morgan fingerprint density at radius 1 is 1.50 bits per heavy atom. The topological polar surface area (TPSA) is 76.7 Å². The maximum atomic E-state index is 8.84. The predicted octanol–water partition coefficient (Wildman–Crippen LogP) is -2.06. The van der Waals surface area contributed by atoms with E-state index in [1.165, 1.54) is 6.20 Å². The van der Waals surface area contributed by atoms with Gasteiger partial charge in [-0.1, -0.05) is 0 Å². The lowest BCUT2D eigenvalue weighted by atomic mass is 9.83. The minimum atomic E-state index is -1.48. The number of ether oxygens (including phenoxy) is 2. The third-order valence-electron chi connectivity index (χ3n) is 1.98. The highest BCUT2D eigenvalue weighted by Gasteiger charge is 2.18. The van der Waals surface area contributed by atoms with E-state index in [1.807, 2.05) is 0 Å². The fourth-order valence-corrected chi connectivity index (χ4v) is 1.28. The van der Waals surface area contributed by atoms with Crippen molar-refractivity contribution >= 4 is 12.6 Å². The summed E-state index contributed by atoms with van der Waals surface area (Å²) in [6, 6.07) is 0. The largest absolute Gasteiger partial charge is 0.491 e. The van der Waals surface area contributed by atoms with E-state index >= 15 is 0 Å². The molecule has 2 rings (SSSR count). The normalized spacial score (nSPS) is 17.6. The molecule has 0 saturated carbocycles.